The van der Waals surface area contributed by atoms with Crippen molar-refractivity contribution in [3.8, 4) is 0 Å². The fourth-order valence-corrected chi connectivity index (χ4v) is 5.66. The molecule has 0 saturated carbocycles. The summed E-state index contributed by atoms with van der Waals surface area (Å²) in [6.45, 7) is 3.63. The van der Waals surface area contributed by atoms with Crippen LogP contribution in [-0.4, -0.2) is 53.8 Å². The normalized spacial score (nSPS) is 21.5. The number of nitrogens with zero attached hydrogens (tertiary/aromatic N) is 3. The molecule has 2 fully saturated rings. The van der Waals surface area contributed by atoms with Crippen molar-refractivity contribution in [1.82, 2.24) is 13.8 Å². The molecule has 1 amide bonds. The van der Waals surface area contributed by atoms with Crippen LogP contribution in [0.4, 0.5) is 0 Å². The van der Waals surface area contributed by atoms with Crippen LogP contribution in [0.2, 0.25) is 0 Å². The Balaban J connectivity index is 1.63. The second kappa shape index (κ2) is 7.36. The topological polar surface area (TPSA) is 92.8 Å². The summed E-state index contributed by atoms with van der Waals surface area (Å²) in [4.78, 5) is 26.9. The van der Waals surface area contributed by atoms with Crippen molar-refractivity contribution in [3.05, 3.63) is 28.7 Å². The number of oxazole rings is 1. The van der Waals surface area contributed by atoms with Gasteiger partial charge in [0.25, 0.3) is 0 Å². The monoisotopic (exact) mass is 407 g/mol. The molecule has 0 aliphatic carbocycles. The number of fused-ring (bicyclic) bond motifs is 1. The second-order valence-electron chi connectivity index (χ2n) is 7.63. The van der Waals surface area contributed by atoms with E-state index >= 15 is 0 Å². The Morgan fingerprint density at radius 2 is 1.86 bits per heavy atom. The molecule has 1 aromatic carbocycles. The highest BCUT2D eigenvalue weighted by atomic mass is 32.2. The number of rotatable bonds is 4. The minimum absolute atomic E-state index is 0.103. The van der Waals surface area contributed by atoms with Crippen molar-refractivity contribution in [1.29, 1.82) is 0 Å². The van der Waals surface area contributed by atoms with E-state index in [9.17, 15) is 18.0 Å². The summed E-state index contributed by atoms with van der Waals surface area (Å²) in [7, 11) is -3.59. The van der Waals surface area contributed by atoms with Gasteiger partial charge in [-0.05, 0) is 51.2 Å². The van der Waals surface area contributed by atoms with Crippen molar-refractivity contribution in [2.45, 2.75) is 56.5 Å². The molecule has 8 nitrogen and oxygen atoms in total. The summed E-state index contributed by atoms with van der Waals surface area (Å²) in [5.74, 6) is -0.769. The third-order valence-corrected chi connectivity index (χ3v) is 7.65. The van der Waals surface area contributed by atoms with Gasteiger partial charge in [0.05, 0.1) is 10.4 Å². The summed E-state index contributed by atoms with van der Waals surface area (Å²) < 4.78 is 33.5. The molecule has 4 rings (SSSR count). The number of hydrogen-bond donors (Lipinski definition) is 0. The van der Waals surface area contributed by atoms with Gasteiger partial charge in [0.2, 0.25) is 15.9 Å². The van der Waals surface area contributed by atoms with Crippen LogP contribution >= 0.6 is 0 Å². The lowest BCUT2D eigenvalue weighted by atomic mass is 10.0. The SMILES string of the molecule is C[C@H]1CCCCN1C(=O)Cn1c(=O)oc2cc(S(=O)(=O)N3CCCC3)ccc21. The van der Waals surface area contributed by atoms with Crippen molar-refractivity contribution in [2.24, 2.45) is 0 Å². The Morgan fingerprint density at radius 3 is 2.57 bits per heavy atom. The zero-order valence-electron chi connectivity index (χ0n) is 16.0. The largest absolute Gasteiger partial charge is 0.420 e. The summed E-state index contributed by atoms with van der Waals surface area (Å²) in [6.07, 6.45) is 4.74. The van der Waals surface area contributed by atoms with Crippen LogP contribution in [0.1, 0.15) is 39.0 Å². The molecule has 3 heterocycles. The molecule has 9 heteroatoms. The second-order valence-corrected chi connectivity index (χ2v) is 9.56. The number of amides is 1. The maximum atomic E-state index is 12.7. The molecule has 152 valence electrons. The average molecular weight is 407 g/mol. The zero-order chi connectivity index (χ0) is 19.9. The van der Waals surface area contributed by atoms with Crippen LogP contribution in [-0.2, 0) is 21.4 Å². The lowest BCUT2D eigenvalue weighted by Crippen LogP contribution is -2.44. The number of aromatic nitrogens is 1. The van der Waals surface area contributed by atoms with E-state index in [1.54, 1.807) is 11.0 Å². The van der Waals surface area contributed by atoms with Crippen molar-refractivity contribution in [3.63, 3.8) is 0 Å². The molecule has 0 spiro atoms. The lowest BCUT2D eigenvalue weighted by molar-refractivity contribution is -0.135. The molecule has 0 unspecified atom stereocenters. The van der Waals surface area contributed by atoms with Gasteiger partial charge >= 0.3 is 5.76 Å². The van der Waals surface area contributed by atoms with E-state index in [-0.39, 0.29) is 29.0 Å². The third-order valence-electron chi connectivity index (χ3n) is 5.76. The van der Waals surface area contributed by atoms with E-state index in [0.29, 0.717) is 25.2 Å². The predicted octanol–water partition coefficient (Wildman–Crippen LogP) is 1.78. The van der Waals surface area contributed by atoms with Gasteiger partial charge in [-0.3, -0.25) is 9.36 Å². The maximum Gasteiger partial charge on any atom is 0.420 e. The lowest BCUT2D eigenvalue weighted by Gasteiger charge is -2.33. The third kappa shape index (κ3) is 3.37. The minimum atomic E-state index is -3.59. The number of carbonyl (C=O) groups is 1. The van der Waals surface area contributed by atoms with Gasteiger partial charge in [-0.25, -0.2) is 13.2 Å². The van der Waals surface area contributed by atoms with E-state index < -0.39 is 15.8 Å². The molecule has 0 N–H and O–H groups in total. The highest BCUT2D eigenvalue weighted by Crippen LogP contribution is 2.24. The Bertz CT molecular complexity index is 1050. The smallest absolute Gasteiger partial charge is 0.408 e. The number of likely N-dealkylation sites (tertiary alicyclic amines) is 1. The molecular weight excluding hydrogens is 382 g/mol. The molecule has 0 radical (unpaired) electrons. The highest BCUT2D eigenvalue weighted by Gasteiger charge is 2.29. The Labute approximate surface area is 163 Å². The average Bonchev–Trinajstić information content (AvgIpc) is 3.31. The van der Waals surface area contributed by atoms with Gasteiger partial charge in [-0.1, -0.05) is 0 Å². The van der Waals surface area contributed by atoms with Gasteiger partial charge < -0.3 is 9.32 Å². The fraction of sp³-hybridized carbons (Fsp3) is 0.579. The first kappa shape index (κ1) is 19.2. The number of carbonyl (C=O) groups excluding carboxylic acids is 1. The molecule has 2 saturated heterocycles. The molecular formula is C19H25N3O5S. The number of sulfonamides is 1. The Hall–Kier alpha value is -2.13. The molecule has 0 bridgehead atoms. The van der Waals surface area contributed by atoms with E-state index in [0.717, 1.165) is 32.1 Å². The van der Waals surface area contributed by atoms with E-state index in [1.807, 2.05) is 6.92 Å². The molecule has 2 aliphatic heterocycles. The van der Waals surface area contributed by atoms with Crippen LogP contribution in [0.3, 0.4) is 0 Å². The van der Waals surface area contributed by atoms with Crippen LogP contribution in [0.15, 0.2) is 32.3 Å². The van der Waals surface area contributed by atoms with Crippen LogP contribution in [0, 0.1) is 0 Å². The quantitative estimate of drug-likeness (QED) is 0.770. The van der Waals surface area contributed by atoms with Gasteiger partial charge in [0.15, 0.2) is 5.58 Å². The molecule has 1 aromatic heterocycles. The summed E-state index contributed by atoms with van der Waals surface area (Å²) in [5.41, 5.74) is 0.619. The Morgan fingerprint density at radius 1 is 1.14 bits per heavy atom. The predicted molar refractivity (Wildman–Crippen MR) is 103 cm³/mol. The van der Waals surface area contributed by atoms with Gasteiger partial charge in [0, 0.05) is 31.7 Å². The van der Waals surface area contributed by atoms with E-state index in [2.05, 4.69) is 0 Å². The van der Waals surface area contributed by atoms with Gasteiger partial charge in [0.1, 0.15) is 6.54 Å². The first-order chi connectivity index (χ1) is 13.4. The summed E-state index contributed by atoms with van der Waals surface area (Å²) in [5, 5.41) is 0. The van der Waals surface area contributed by atoms with Crippen LogP contribution < -0.4 is 5.76 Å². The molecule has 28 heavy (non-hydrogen) atoms. The van der Waals surface area contributed by atoms with Crippen LogP contribution in [0.5, 0.6) is 0 Å². The number of hydrogen-bond acceptors (Lipinski definition) is 5. The first-order valence-corrected chi connectivity index (χ1v) is 11.2. The first-order valence-electron chi connectivity index (χ1n) is 9.81. The van der Waals surface area contributed by atoms with E-state index in [1.165, 1.54) is 21.0 Å². The van der Waals surface area contributed by atoms with Gasteiger partial charge in [-0.15, -0.1) is 0 Å². The molecule has 1 atom stereocenters. The Kier molecular flexibility index (Phi) is 5.05. The maximum absolute atomic E-state index is 12.7. The highest BCUT2D eigenvalue weighted by molar-refractivity contribution is 7.89. The van der Waals surface area contributed by atoms with Gasteiger partial charge in [-0.2, -0.15) is 4.31 Å². The van der Waals surface area contributed by atoms with Crippen LogP contribution in [0.25, 0.3) is 11.1 Å². The van der Waals surface area contributed by atoms with Crippen molar-refractivity contribution < 1.29 is 17.6 Å². The fourth-order valence-electron chi connectivity index (χ4n) is 4.13. The molecule has 2 aromatic rings. The van der Waals surface area contributed by atoms with E-state index in [4.69, 9.17) is 4.42 Å². The number of piperidine rings is 1. The standard InChI is InChI=1S/C19H25N3O5S/c1-14-6-2-3-11-21(14)18(23)13-22-16-8-7-15(12-17(16)27-19(22)24)28(25,26)20-9-4-5-10-20/h7-8,12,14H,2-6,9-11,13H2,1H3/t14-/m0/s1. The summed E-state index contributed by atoms with van der Waals surface area (Å²) >= 11 is 0. The van der Waals surface area contributed by atoms with Crippen molar-refractivity contribution in [2.75, 3.05) is 19.6 Å². The summed E-state index contributed by atoms with van der Waals surface area (Å²) in [6, 6.07) is 4.58. The number of benzene rings is 1. The molecule has 2 aliphatic rings. The minimum Gasteiger partial charge on any atom is -0.408 e. The van der Waals surface area contributed by atoms with Crippen molar-refractivity contribution >= 4 is 27.0 Å². The zero-order valence-corrected chi connectivity index (χ0v) is 16.8.